The highest BCUT2D eigenvalue weighted by atomic mass is 32.2. The zero-order chi connectivity index (χ0) is 13.3. The van der Waals surface area contributed by atoms with Crippen LogP contribution in [-0.2, 0) is 17.7 Å². The Bertz CT molecular complexity index is 466. The maximum absolute atomic E-state index is 11.6. The summed E-state index contributed by atoms with van der Waals surface area (Å²) in [5.41, 5.74) is 6.28. The molecule has 1 aromatic heterocycles. The number of hydrogen-bond donors (Lipinski definition) is 1. The number of rotatable bonds is 5. The number of hydrogen-bond acceptors (Lipinski definition) is 5. The van der Waals surface area contributed by atoms with Crippen LogP contribution in [0.5, 0.6) is 0 Å². The highest BCUT2D eigenvalue weighted by molar-refractivity contribution is 8.00. The predicted molar refractivity (Wildman–Crippen MR) is 72.8 cm³/mol. The number of imidazole rings is 1. The van der Waals surface area contributed by atoms with Crippen LogP contribution in [0.15, 0.2) is 0 Å². The fourth-order valence-electron chi connectivity index (χ4n) is 2.06. The van der Waals surface area contributed by atoms with Crippen molar-refractivity contribution in [2.75, 3.05) is 19.1 Å². The molecule has 2 rings (SSSR count). The number of nitrogens with zero attached hydrogens (tertiary/aromatic N) is 2. The van der Waals surface area contributed by atoms with Gasteiger partial charge >= 0.3 is 5.97 Å². The van der Waals surface area contributed by atoms with Crippen LogP contribution in [0.1, 0.15) is 36.1 Å². The van der Waals surface area contributed by atoms with Crippen LogP contribution in [0.3, 0.4) is 0 Å². The van der Waals surface area contributed by atoms with Crippen LogP contribution in [0.2, 0.25) is 0 Å². The maximum Gasteiger partial charge on any atom is 0.360 e. The van der Waals surface area contributed by atoms with Crippen LogP contribution < -0.4 is 5.73 Å². The van der Waals surface area contributed by atoms with Gasteiger partial charge in [0.05, 0.1) is 7.11 Å². The van der Waals surface area contributed by atoms with Crippen molar-refractivity contribution in [2.24, 2.45) is 0 Å². The smallest absolute Gasteiger partial charge is 0.360 e. The fourth-order valence-corrected chi connectivity index (χ4v) is 2.83. The first-order chi connectivity index (χ1) is 8.56. The summed E-state index contributed by atoms with van der Waals surface area (Å²) in [6.07, 6.45) is 5.27. The van der Waals surface area contributed by atoms with E-state index in [0.717, 1.165) is 18.8 Å². The minimum atomic E-state index is -0.463. The van der Waals surface area contributed by atoms with Gasteiger partial charge in [0.15, 0.2) is 5.69 Å². The minimum absolute atomic E-state index is 0.242. The lowest BCUT2D eigenvalue weighted by molar-refractivity contribution is 0.0595. The third-order valence-corrected chi connectivity index (χ3v) is 4.87. The Kier molecular flexibility index (Phi) is 3.56. The Hall–Kier alpha value is -1.17. The molecule has 0 bridgehead atoms. The average Bonchev–Trinajstić information content (AvgIpc) is 3.10. The van der Waals surface area contributed by atoms with Crippen molar-refractivity contribution in [1.29, 1.82) is 0 Å². The Morgan fingerprint density at radius 1 is 1.61 bits per heavy atom. The van der Waals surface area contributed by atoms with E-state index >= 15 is 0 Å². The predicted octanol–water partition coefficient (Wildman–Crippen LogP) is 1.71. The molecule has 0 spiro atoms. The number of nitrogen functional groups attached to an aromatic ring is 1. The van der Waals surface area contributed by atoms with Crippen LogP contribution in [0.25, 0.3) is 0 Å². The van der Waals surface area contributed by atoms with Gasteiger partial charge in [-0.25, -0.2) is 9.78 Å². The Morgan fingerprint density at radius 3 is 2.72 bits per heavy atom. The number of carbonyl (C=O) groups is 1. The van der Waals surface area contributed by atoms with Gasteiger partial charge in [0.2, 0.25) is 0 Å². The highest BCUT2D eigenvalue weighted by Crippen LogP contribution is 2.49. The first-order valence-electron chi connectivity index (χ1n) is 6.05. The number of thioether (sulfide) groups is 1. The van der Waals surface area contributed by atoms with E-state index in [-0.39, 0.29) is 10.4 Å². The van der Waals surface area contributed by atoms with E-state index in [2.05, 4.69) is 11.2 Å². The topological polar surface area (TPSA) is 70.1 Å². The van der Waals surface area contributed by atoms with Crippen molar-refractivity contribution in [3.8, 4) is 0 Å². The third kappa shape index (κ3) is 2.21. The maximum atomic E-state index is 11.6. The molecule has 6 heteroatoms. The molecule has 5 nitrogen and oxygen atoms in total. The van der Waals surface area contributed by atoms with E-state index in [9.17, 15) is 4.79 Å². The van der Waals surface area contributed by atoms with Gasteiger partial charge in [0.1, 0.15) is 11.6 Å². The largest absolute Gasteiger partial charge is 0.464 e. The molecule has 1 saturated carbocycles. The molecule has 0 atom stereocenters. The van der Waals surface area contributed by atoms with Crippen LogP contribution in [0.4, 0.5) is 5.82 Å². The van der Waals surface area contributed by atoms with Gasteiger partial charge in [0, 0.05) is 17.7 Å². The number of esters is 1. The highest BCUT2D eigenvalue weighted by Gasteiger charge is 2.43. The molecule has 1 aliphatic carbocycles. The first kappa shape index (κ1) is 13.3. The normalized spacial score (nSPS) is 16.6. The van der Waals surface area contributed by atoms with E-state index in [1.807, 2.05) is 23.3 Å². The summed E-state index contributed by atoms with van der Waals surface area (Å²) in [4.78, 5) is 15.9. The quantitative estimate of drug-likeness (QED) is 0.824. The second kappa shape index (κ2) is 4.84. The lowest BCUT2D eigenvalue weighted by atomic mass is 10.3. The number of aromatic nitrogens is 2. The van der Waals surface area contributed by atoms with Crippen molar-refractivity contribution in [3.63, 3.8) is 0 Å². The molecule has 1 heterocycles. The van der Waals surface area contributed by atoms with Crippen LogP contribution >= 0.6 is 11.8 Å². The van der Waals surface area contributed by atoms with Gasteiger partial charge in [-0.2, -0.15) is 11.8 Å². The first-order valence-corrected chi connectivity index (χ1v) is 7.27. The van der Waals surface area contributed by atoms with Gasteiger partial charge in [-0.3, -0.25) is 0 Å². The molecule has 0 aromatic carbocycles. The zero-order valence-electron chi connectivity index (χ0n) is 11.0. The molecular weight excluding hydrogens is 250 g/mol. The molecule has 0 unspecified atom stereocenters. The summed E-state index contributed by atoms with van der Waals surface area (Å²) in [6, 6.07) is 0. The monoisotopic (exact) mass is 269 g/mol. The summed E-state index contributed by atoms with van der Waals surface area (Å²) in [5.74, 6) is 0.821. The number of anilines is 1. The number of methoxy groups -OCH3 is 1. The van der Waals surface area contributed by atoms with E-state index < -0.39 is 5.97 Å². The lowest BCUT2D eigenvalue weighted by Gasteiger charge is -2.16. The van der Waals surface area contributed by atoms with Gasteiger partial charge in [0.25, 0.3) is 0 Å². The molecular formula is C12H19N3O2S. The summed E-state index contributed by atoms with van der Waals surface area (Å²) < 4.78 is 6.95. The van der Waals surface area contributed by atoms with Crippen LogP contribution in [-0.4, -0.2) is 33.6 Å². The second-order valence-electron chi connectivity index (χ2n) is 4.58. The zero-order valence-corrected chi connectivity index (χ0v) is 11.8. The van der Waals surface area contributed by atoms with Crippen molar-refractivity contribution < 1.29 is 9.53 Å². The van der Waals surface area contributed by atoms with Gasteiger partial charge in [-0.15, -0.1) is 0 Å². The van der Waals surface area contributed by atoms with Gasteiger partial charge in [-0.1, -0.05) is 6.92 Å². The van der Waals surface area contributed by atoms with Crippen molar-refractivity contribution in [2.45, 2.75) is 37.5 Å². The molecule has 2 N–H and O–H groups in total. The molecule has 0 amide bonds. The number of ether oxygens (including phenoxy) is 1. The van der Waals surface area contributed by atoms with E-state index in [4.69, 9.17) is 10.5 Å². The molecule has 100 valence electrons. The number of aryl methyl sites for hydroxylation is 1. The average molecular weight is 269 g/mol. The number of nitrogens with two attached hydrogens (primary N) is 1. The molecule has 1 fully saturated rings. The molecule has 0 saturated heterocycles. The molecule has 1 aromatic rings. The standard InChI is InChI=1S/C12H19N3O2S/c1-4-8-14-9(11(16)17-2)10(13)15(8)7-12(18-3)5-6-12/h4-7,13H2,1-3H3. The SMILES string of the molecule is CCc1nc(C(=O)OC)c(N)n1CC1(SC)CC1. The summed E-state index contributed by atoms with van der Waals surface area (Å²) >= 11 is 1.86. The summed E-state index contributed by atoms with van der Waals surface area (Å²) in [5, 5.41) is 0. The van der Waals surface area contributed by atoms with Crippen molar-refractivity contribution >= 4 is 23.5 Å². The van der Waals surface area contributed by atoms with Gasteiger partial charge in [-0.05, 0) is 19.1 Å². The molecule has 0 radical (unpaired) electrons. The Balaban J connectivity index is 2.33. The second-order valence-corrected chi connectivity index (χ2v) is 5.85. The minimum Gasteiger partial charge on any atom is -0.464 e. The lowest BCUT2D eigenvalue weighted by Crippen LogP contribution is -2.18. The van der Waals surface area contributed by atoms with E-state index in [1.165, 1.54) is 20.0 Å². The molecule has 0 aliphatic heterocycles. The fraction of sp³-hybridized carbons (Fsp3) is 0.667. The number of carbonyl (C=O) groups excluding carboxylic acids is 1. The molecule has 1 aliphatic rings. The Labute approximate surface area is 111 Å². The summed E-state index contributed by atoms with van der Waals surface area (Å²) in [6.45, 7) is 2.84. The van der Waals surface area contributed by atoms with Crippen molar-refractivity contribution in [3.05, 3.63) is 11.5 Å². The molecule has 18 heavy (non-hydrogen) atoms. The summed E-state index contributed by atoms with van der Waals surface area (Å²) in [7, 11) is 1.34. The van der Waals surface area contributed by atoms with Crippen molar-refractivity contribution in [1.82, 2.24) is 9.55 Å². The third-order valence-electron chi connectivity index (χ3n) is 3.47. The van der Waals surface area contributed by atoms with E-state index in [1.54, 1.807) is 0 Å². The Morgan fingerprint density at radius 2 is 2.28 bits per heavy atom. The van der Waals surface area contributed by atoms with Gasteiger partial charge < -0.3 is 15.0 Å². The van der Waals surface area contributed by atoms with E-state index in [0.29, 0.717) is 5.82 Å². The van der Waals surface area contributed by atoms with Crippen LogP contribution in [0, 0.1) is 0 Å².